The number of ether oxygens (including phenoxy) is 1. The van der Waals surface area contributed by atoms with Gasteiger partial charge in [0.25, 0.3) is 0 Å². The Bertz CT molecular complexity index is 523. The van der Waals surface area contributed by atoms with E-state index in [0.717, 1.165) is 4.47 Å². The molecule has 4 nitrogen and oxygen atoms in total. The number of nitrogens with one attached hydrogen (secondary N) is 1. The first-order valence-electron chi connectivity index (χ1n) is 5.05. The van der Waals surface area contributed by atoms with Gasteiger partial charge in [-0.25, -0.2) is 4.98 Å². The van der Waals surface area contributed by atoms with Crippen LogP contribution in [0.5, 0.6) is 5.75 Å². The van der Waals surface area contributed by atoms with Crippen LogP contribution in [0.3, 0.4) is 0 Å². The lowest BCUT2D eigenvalue weighted by molar-refractivity contribution is 0.0991. The molecule has 2 rings (SSSR count). The minimum atomic E-state index is 0.0169. The lowest BCUT2D eigenvalue weighted by Crippen LogP contribution is -2.05. The zero-order valence-corrected chi connectivity index (χ0v) is 10.8. The lowest BCUT2D eigenvalue weighted by Gasteiger charge is -2.05. The Morgan fingerprint density at radius 1 is 1.53 bits per heavy atom. The van der Waals surface area contributed by atoms with Crippen molar-refractivity contribution in [1.29, 1.82) is 0 Å². The van der Waals surface area contributed by atoms with E-state index in [-0.39, 0.29) is 12.2 Å². The number of ketones is 1. The molecule has 0 amide bonds. The highest BCUT2D eigenvalue weighted by atomic mass is 79.9. The lowest BCUT2D eigenvalue weighted by atomic mass is 10.1. The highest BCUT2D eigenvalue weighted by Crippen LogP contribution is 2.25. The van der Waals surface area contributed by atoms with E-state index in [4.69, 9.17) is 4.74 Å². The third kappa shape index (κ3) is 2.74. The van der Waals surface area contributed by atoms with Crippen molar-refractivity contribution in [3.63, 3.8) is 0 Å². The molecule has 5 heteroatoms. The fraction of sp³-hybridized carbons (Fsp3) is 0.167. The summed E-state index contributed by atoms with van der Waals surface area (Å²) in [7, 11) is 1.59. The molecule has 0 fully saturated rings. The minimum Gasteiger partial charge on any atom is -0.496 e. The smallest absolute Gasteiger partial charge is 0.170 e. The number of nitrogens with zero attached hydrogens (tertiary/aromatic N) is 1. The van der Waals surface area contributed by atoms with Gasteiger partial charge in [-0.05, 0) is 34.1 Å². The summed E-state index contributed by atoms with van der Waals surface area (Å²) in [6.45, 7) is 0. The molecule has 88 valence electrons. The van der Waals surface area contributed by atoms with Gasteiger partial charge in [-0.15, -0.1) is 0 Å². The number of halogens is 1. The van der Waals surface area contributed by atoms with Gasteiger partial charge in [0, 0.05) is 18.0 Å². The average molecular weight is 295 g/mol. The monoisotopic (exact) mass is 294 g/mol. The van der Waals surface area contributed by atoms with E-state index in [2.05, 4.69) is 25.9 Å². The van der Waals surface area contributed by atoms with Crippen LogP contribution in [0.2, 0.25) is 0 Å². The van der Waals surface area contributed by atoms with E-state index < -0.39 is 0 Å². The summed E-state index contributed by atoms with van der Waals surface area (Å²) >= 11 is 3.35. The molecule has 1 N–H and O–H groups in total. The Labute approximate surface area is 107 Å². The molecular formula is C12H11BrN2O2. The molecule has 2 aromatic rings. The number of rotatable bonds is 4. The Morgan fingerprint density at radius 2 is 2.35 bits per heavy atom. The van der Waals surface area contributed by atoms with E-state index >= 15 is 0 Å². The number of imidazole rings is 1. The van der Waals surface area contributed by atoms with Crippen LogP contribution in [0.15, 0.2) is 35.1 Å². The van der Waals surface area contributed by atoms with Crippen molar-refractivity contribution in [2.75, 3.05) is 7.11 Å². The number of hydrogen-bond donors (Lipinski definition) is 1. The van der Waals surface area contributed by atoms with Crippen LogP contribution in [0, 0.1) is 0 Å². The second-order valence-electron chi connectivity index (χ2n) is 3.49. The van der Waals surface area contributed by atoms with E-state index in [1.165, 1.54) is 0 Å². The fourth-order valence-electron chi connectivity index (χ4n) is 1.49. The molecule has 0 atom stereocenters. The van der Waals surface area contributed by atoms with Gasteiger partial charge in [0.2, 0.25) is 0 Å². The first kappa shape index (κ1) is 11.9. The van der Waals surface area contributed by atoms with Crippen LogP contribution in [0.4, 0.5) is 0 Å². The summed E-state index contributed by atoms with van der Waals surface area (Å²) in [5, 5.41) is 0. The molecule has 1 aromatic carbocycles. The third-order valence-electron chi connectivity index (χ3n) is 2.36. The summed E-state index contributed by atoms with van der Waals surface area (Å²) in [6.07, 6.45) is 3.60. The van der Waals surface area contributed by atoms with Gasteiger partial charge in [0.05, 0.1) is 18.0 Å². The maximum absolute atomic E-state index is 11.9. The number of methoxy groups -OCH3 is 1. The number of aromatic nitrogens is 2. The van der Waals surface area contributed by atoms with E-state index in [1.54, 1.807) is 37.7 Å². The van der Waals surface area contributed by atoms with Crippen LogP contribution < -0.4 is 4.74 Å². The molecule has 0 aliphatic heterocycles. The summed E-state index contributed by atoms with van der Waals surface area (Å²) in [4.78, 5) is 18.9. The third-order valence-corrected chi connectivity index (χ3v) is 2.98. The van der Waals surface area contributed by atoms with Crippen LogP contribution in [0.25, 0.3) is 0 Å². The largest absolute Gasteiger partial charge is 0.496 e. The van der Waals surface area contributed by atoms with Crippen LogP contribution in [0.1, 0.15) is 16.2 Å². The van der Waals surface area contributed by atoms with Crippen molar-refractivity contribution in [1.82, 2.24) is 9.97 Å². The molecule has 0 aliphatic carbocycles. The number of carbonyl (C=O) groups is 1. The predicted octanol–water partition coefficient (Wildman–Crippen LogP) is 2.61. The van der Waals surface area contributed by atoms with Crippen molar-refractivity contribution in [3.05, 3.63) is 46.5 Å². The van der Waals surface area contributed by atoms with Crippen LogP contribution in [-0.4, -0.2) is 22.9 Å². The Hall–Kier alpha value is -1.62. The van der Waals surface area contributed by atoms with Gasteiger partial charge in [0.1, 0.15) is 11.6 Å². The van der Waals surface area contributed by atoms with Crippen molar-refractivity contribution in [2.24, 2.45) is 0 Å². The first-order chi connectivity index (χ1) is 8.20. The Balaban J connectivity index is 2.17. The van der Waals surface area contributed by atoms with Crippen LogP contribution >= 0.6 is 15.9 Å². The maximum atomic E-state index is 11.9. The van der Waals surface area contributed by atoms with Gasteiger partial charge in [-0.1, -0.05) is 0 Å². The average Bonchev–Trinajstić information content (AvgIpc) is 2.81. The van der Waals surface area contributed by atoms with E-state index in [1.807, 2.05) is 0 Å². The summed E-state index contributed by atoms with van der Waals surface area (Å²) in [5.74, 6) is 1.39. The molecule has 1 aromatic heterocycles. The first-order valence-corrected chi connectivity index (χ1v) is 5.85. The minimum absolute atomic E-state index is 0.0169. The number of carbonyl (C=O) groups excluding carboxylic acids is 1. The summed E-state index contributed by atoms with van der Waals surface area (Å²) in [5.41, 5.74) is 0.633. The number of benzene rings is 1. The molecule has 1 heterocycles. The normalized spacial score (nSPS) is 10.2. The number of hydrogen-bond acceptors (Lipinski definition) is 3. The van der Waals surface area contributed by atoms with E-state index in [0.29, 0.717) is 17.1 Å². The molecule has 0 radical (unpaired) electrons. The molecule has 0 saturated heterocycles. The van der Waals surface area contributed by atoms with Crippen LogP contribution in [-0.2, 0) is 6.42 Å². The van der Waals surface area contributed by atoms with Gasteiger partial charge < -0.3 is 9.72 Å². The summed E-state index contributed by atoms with van der Waals surface area (Å²) < 4.78 is 5.88. The standard InChI is InChI=1S/C12H11BrN2O2/c1-17-11-3-2-8(6-9(11)13)10(16)7-12-14-4-5-15-12/h2-6H,7H2,1H3,(H,14,15). The van der Waals surface area contributed by atoms with Gasteiger partial charge in [-0.2, -0.15) is 0 Å². The summed E-state index contributed by atoms with van der Waals surface area (Å²) in [6, 6.07) is 5.26. The van der Waals surface area contributed by atoms with Gasteiger partial charge in [0.15, 0.2) is 5.78 Å². The van der Waals surface area contributed by atoms with E-state index in [9.17, 15) is 4.79 Å². The number of Topliss-reactive ketones (excluding diaryl/α,β-unsaturated/α-hetero) is 1. The second kappa shape index (κ2) is 5.14. The predicted molar refractivity (Wildman–Crippen MR) is 67.3 cm³/mol. The molecule has 0 unspecified atom stereocenters. The zero-order chi connectivity index (χ0) is 12.3. The highest BCUT2D eigenvalue weighted by molar-refractivity contribution is 9.10. The van der Waals surface area contributed by atoms with Crippen molar-refractivity contribution < 1.29 is 9.53 Å². The SMILES string of the molecule is COc1ccc(C(=O)Cc2ncc[nH]2)cc1Br. The Morgan fingerprint density at radius 3 is 2.94 bits per heavy atom. The van der Waals surface area contributed by atoms with Gasteiger partial charge in [-0.3, -0.25) is 4.79 Å². The molecular weight excluding hydrogens is 284 g/mol. The quantitative estimate of drug-likeness (QED) is 0.882. The van der Waals surface area contributed by atoms with Crippen molar-refractivity contribution in [2.45, 2.75) is 6.42 Å². The topological polar surface area (TPSA) is 55.0 Å². The van der Waals surface area contributed by atoms with Crippen molar-refractivity contribution in [3.8, 4) is 5.75 Å². The Kier molecular flexibility index (Phi) is 3.58. The molecule has 0 bridgehead atoms. The van der Waals surface area contributed by atoms with Crippen molar-refractivity contribution >= 4 is 21.7 Å². The fourth-order valence-corrected chi connectivity index (χ4v) is 2.03. The zero-order valence-electron chi connectivity index (χ0n) is 9.24. The number of aromatic amines is 1. The molecule has 17 heavy (non-hydrogen) atoms. The number of H-pyrrole nitrogens is 1. The maximum Gasteiger partial charge on any atom is 0.170 e. The second-order valence-corrected chi connectivity index (χ2v) is 4.34. The molecule has 0 aliphatic rings. The highest BCUT2D eigenvalue weighted by Gasteiger charge is 2.10. The van der Waals surface area contributed by atoms with Gasteiger partial charge >= 0.3 is 0 Å². The molecule has 0 spiro atoms. The molecule has 0 saturated carbocycles.